The van der Waals surface area contributed by atoms with E-state index in [-0.39, 0.29) is 24.5 Å². The zero-order chi connectivity index (χ0) is 20.3. The lowest BCUT2D eigenvalue weighted by atomic mass is 10.0. The van der Waals surface area contributed by atoms with Gasteiger partial charge in [-0.15, -0.1) is 0 Å². The Morgan fingerprint density at radius 3 is 2.64 bits per heavy atom. The molecule has 1 aromatic heterocycles. The Morgan fingerprint density at radius 2 is 1.89 bits per heavy atom. The summed E-state index contributed by atoms with van der Waals surface area (Å²) >= 11 is 0. The fourth-order valence-electron chi connectivity index (χ4n) is 2.91. The Balaban J connectivity index is 1.73. The van der Waals surface area contributed by atoms with Crippen molar-refractivity contribution in [2.75, 3.05) is 6.61 Å². The van der Waals surface area contributed by atoms with E-state index in [0.29, 0.717) is 28.7 Å². The van der Waals surface area contributed by atoms with E-state index < -0.39 is 11.6 Å². The summed E-state index contributed by atoms with van der Waals surface area (Å²) in [6.45, 7) is 5.43. The van der Waals surface area contributed by atoms with Gasteiger partial charge >= 0.3 is 11.6 Å². The van der Waals surface area contributed by atoms with Crippen LogP contribution in [-0.4, -0.2) is 17.7 Å². The molecule has 0 aliphatic carbocycles. The van der Waals surface area contributed by atoms with Crippen LogP contribution in [0.2, 0.25) is 0 Å². The molecular formula is C22H22O6. The molecule has 2 aromatic carbocycles. The summed E-state index contributed by atoms with van der Waals surface area (Å²) in [5.74, 6) is 0.150. The first-order chi connectivity index (χ1) is 13.4. The average molecular weight is 382 g/mol. The molecule has 6 nitrogen and oxygen atoms in total. The molecular weight excluding hydrogens is 360 g/mol. The maximum Gasteiger partial charge on any atom is 0.344 e. The van der Waals surface area contributed by atoms with Crippen molar-refractivity contribution < 1.29 is 23.8 Å². The van der Waals surface area contributed by atoms with E-state index in [1.807, 2.05) is 39.0 Å². The van der Waals surface area contributed by atoms with Gasteiger partial charge in [-0.05, 0) is 49.1 Å². The summed E-state index contributed by atoms with van der Waals surface area (Å²) in [6, 6.07) is 10.2. The van der Waals surface area contributed by atoms with E-state index in [1.54, 1.807) is 6.07 Å². The second kappa shape index (κ2) is 8.17. The van der Waals surface area contributed by atoms with Gasteiger partial charge in [0.25, 0.3) is 0 Å². The van der Waals surface area contributed by atoms with E-state index in [2.05, 4.69) is 0 Å². The van der Waals surface area contributed by atoms with Crippen molar-refractivity contribution in [3.05, 3.63) is 69.1 Å². The number of aromatic hydroxyl groups is 1. The number of hydrogen-bond acceptors (Lipinski definition) is 6. The minimum atomic E-state index is -0.575. The number of carbonyl (C=O) groups excluding carboxylic acids is 1. The standard InChI is InChI=1S/C22H22O6/c1-4-15-8-17-16(9-21(24)28-20(17)10-18(15)23)11-27-22(25)12-26-19-7-13(2)5-6-14(19)3/h5-10,23H,4,11-12H2,1-3H3. The number of aryl methyl sites for hydroxylation is 3. The van der Waals surface area contributed by atoms with Crippen molar-refractivity contribution in [3.8, 4) is 11.5 Å². The first kappa shape index (κ1) is 19.5. The number of hydrogen-bond donors (Lipinski definition) is 1. The normalized spacial score (nSPS) is 10.8. The number of carbonyl (C=O) groups is 1. The molecule has 0 saturated heterocycles. The average Bonchev–Trinajstić information content (AvgIpc) is 2.66. The lowest BCUT2D eigenvalue weighted by molar-refractivity contribution is -0.147. The highest BCUT2D eigenvalue weighted by Gasteiger charge is 2.13. The molecule has 28 heavy (non-hydrogen) atoms. The van der Waals surface area contributed by atoms with Crippen LogP contribution in [0, 0.1) is 13.8 Å². The number of benzene rings is 2. The zero-order valence-electron chi connectivity index (χ0n) is 16.1. The molecule has 0 aliphatic heterocycles. The van der Waals surface area contributed by atoms with Gasteiger partial charge in [0.15, 0.2) is 6.61 Å². The minimum absolute atomic E-state index is 0.0641. The lowest BCUT2D eigenvalue weighted by Crippen LogP contribution is -2.16. The Hall–Kier alpha value is -3.28. The first-order valence-electron chi connectivity index (χ1n) is 9.01. The van der Waals surface area contributed by atoms with E-state index in [1.165, 1.54) is 12.1 Å². The first-order valence-corrected chi connectivity index (χ1v) is 9.01. The molecule has 3 aromatic rings. The highest BCUT2D eigenvalue weighted by atomic mass is 16.6. The molecule has 1 heterocycles. The maximum absolute atomic E-state index is 12.1. The Morgan fingerprint density at radius 1 is 1.11 bits per heavy atom. The van der Waals surface area contributed by atoms with Crippen LogP contribution in [0.1, 0.15) is 29.2 Å². The van der Waals surface area contributed by atoms with Crippen molar-refractivity contribution in [3.63, 3.8) is 0 Å². The minimum Gasteiger partial charge on any atom is -0.508 e. The molecule has 6 heteroatoms. The van der Waals surface area contributed by atoms with Gasteiger partial charge in [0.05, 0.1) is 0 Å². The summed E-state index contributed by atoms with van der Waals surface area (Å²) in [5.41, 5.74) is 2.87. The number of esters is 1. The molecule has 0 atom stereocenters. The quantitative estimate of drug-likeness (QED) is 0.515. The van der Waals surface area contributed by atoms with Crippen molar-refractivity contribution in [1.29, 1.82) is 0 Å². The van der Waals surface area contributed by atoms with Crippen LogP contribution in [0.3, 0.4) is 0 Å². The van der Waals surface area contributed by atoms with Gasteiger partial charge < -0.3 is 19.0 Å². The molecule has 0 aliphatic rings. The molecule has 0 saturated carbocycles. The summed E-state index contributed by atoms with van der Waals surface area (Å²) in [6.07, 6.45) is 0.615. The van der Waals surface area contributed by atoms with Crippen LogP contribution < -0.4 is 10.4 Å². The summed E-state index contributed by atoms with van der Waals surface area (Å²) < 4.78 is 16.0. The molecule has 0 amide bonds. The maximum atomic E-state index is 12.1. The smallest absolute Gasteiger partial charge is 0.344 e. The molecule has 0 bridgehead atoms. The van der Waals surface area contributed by atoms with Crippen LogP contribution in [0.5, 0.6) is 11.5 Å². The number of fused-ring (bicyclic) bond motifs is 1. The van der Waals surface area contributed by atoms with Crippen LogP contribution >= 0.6 is 0 Å². The van der Waals surface area contributed by atoms with Gasteiger partial charge in [0, 0.05) is 23.1 Å². The fraction of sp³-hybridized carbons (Fsp3) is 0.273. The third-order valence-electron chi connectivity index (χ3n) is 4.49. The largest absolute Gasteiger partial charge is 0.508 e. The third-order valence-corrected chi connectivity index (χ3v) is 4.49. The Bertz CT molecular complexity index is 1080. The van der Waals surface area contributed by atoms with Crippen LogP contribution in [0.15, 0.2) is 45.6 Å². The van der Waals surface area contributed by atoms with Gasteiger partial charge in [0.2, 0.25) is 0 Å². The Kier molecular flexibility index (Phi) is 5.68. The lowest BCUT2D eigenvalue weighted by Gasteiger charge is -2.11. The number of phenols is 1. The van der Waals surface area contributed by atoms with Crippen molar-refractivity contribution in [1.82, 2.24) is 0 Å². The topological polar surface area (TPSA) is 86.0 Å². The van der Waals surface area contributed by atoms with Gasteiger partial charge in [-0.25, -0.2) is 9.59 Å². The third kappa shape index (κ3) is 4.34. The van der Waals surface area contributed by atoms with E-state index in [0.717, 1.165) is 11.1 Å². The second-order valence-electron chi connectivity index (χ2n) is 6.64. The molecule has 0 spiro atoms. The van der Waals surface area contributed by atoms with E-state index in [9.17, 15) is 14.7 Å². The fourth-order valence-corrected chi connectivity index (χ4v) is 2.91. The molecule has 146 valence electrons. The predicted molar refractivity (Wildman–Crippen MR) is 105 cm³/mol. The predicted octanol–water partition coefficient (Wildman–Crippen LogP) is 3.80. The molecule has 3 rings (SSSR count). The highest BCUT2D eigenvalue weighted by Crippen LogP contribution is 2.27. The molecule has 1 N–H and O–H groups in total. The van der Waals surface area contributed by atoms with Crippen LogP contribution in [0.4, 0.5) is 0 Å². The van der Waals surface area contributed by atoms with Crippen LogP contribution in [0.25, 0.3) is 11.0 Å². The van der Waals surface area contributed by atoms with E-state index in [4.69, 9.17) is 13.9 Å². The SMILES string of the molecule is CCc1cc2c(COC(=O)COc3cc(C)ccc3C)cc(=O)oc2cc1O. The van der Waals surface area contributed by atoms with E-state index >= 15 is 0 Å². The van der Waals surface area contributed by atoms with Gasteiger partial charge in [-0.1, -0.05) is 19.1 Å². The van der Waals surface area contributed by atoms with Crippen LogP contribution in [-0.2, 0) is 22.6 Å². The van der Waals surface area contributed by atoms with Crippen molar-refractivity contribution in [2.45, 2.75) is 33.8 Å². The monoisotopic (exact) mass is 382 g/mol. The Labute approximate surface area is 162 Å². The molecule has 0 radical (unpaired) electrons. The highest BCUT2D eigenvalue weighted by molar-refractivity contribution is 5.83. The number of ether oxygens (including phenoxy) is 2. The molecule has 0 unspecified atom stereocenters. The molecule has 0 fully saturated rings. The summed E-state index contributed by atoms with van der Waals surface area (Å²) in [4.78, 5) is 23.9. The summed E-state index contributed by atoms with van der Waals surface area (Å²) in [5, 5.41) is 10.6. The van der Waals surface area contributed by atoms with Gasteiger partial charge in [0.1, 0.15) is 23.7 Å². The number of phenolic OH excluding ortho intramolecular Hbond substituents is 1. The number of rotatable bonds is 6. The van der Waals surface area contributed by atoms with Gasteiger partial charge in [-0.3, -0.25) is 0 Å². The second-order valence-corrected chi connectivity index (χ2v) is 6.64. The van der Waals surface area contributed by atoms with Crippen molar-refractivity contribution in [2.24, 2.45) is 0 Å². The summed E-state index contributed by atoms with van der Waals surface area (Å²) in [7, 11) is 0. The van der Waals surface area contributed by atoms with Gasteiger partial charge in [-0.2, -0.15) is 0 Å². The zero-order valence-corrected chi connectivity index (χ0v) is 16.1. The van der Waals surface area contributed by atoms with Crippen molar-refractivity contribution >= 4 is 16.9 Å².